The molecule has 2 fully saturated rings. The molecule has 0 N–H and O–H groups in total. The van der Waals surface area contributed by atoms with E-state index in [9.17, 15) is 0 Å². The van der Waals surface area contributed by atoms with Crippen LogP contribution in [0.4, 0.5) is 0 Å². The maximum Gasteiger partial charge on any atom is 0.104 e. The Labute approximate surface area is 234 Å². The second-order valence-corrected chi connectivity index (χ2v) is 12.9. The molecule has 0 aliphatic carbocycles. The van der Waals surface area contributed by atoms with Crippen molar-refractivity contribution in [2.45, 2.75) is 64.5 Å². The van der Waals surface area contributed by atoms with Crippen LogP contribution in [-0.4, -0.2) is 98.3 Å². The largest absolute Gasteiger partial charge is 0.320 e. The summed E-state index contributed by atoms with van der Waals surface area (Å²) in [5.41, 5.74) is 2.97. The molecule has 4 rings (SSSR count). The molecule has 0 radical (unpaired) electrons. The molecule has 4 heteroatoms. The third kappa shape index (κ3) is 10.1. The number of rotatable bonds is 15. The minimum Gasteiger partial charge on any atom is -0.320 e. The molecule has 38 heavy (non-hydrogen) atoms. The molecule has 0 saturated carbocycles. The fourth-order valence-electron chi connectivity index (χ4n) is 6.52. The SMILES string of the molecule is C[N+]1(Cc2ccccc2)CCN(CCCCCCCCCCN2CC[N+](C)(Cc3ccccc3)CC2)CC1. The van der Waals surface area contributed by atoms with Crippen molar-refractivity contribution in [1.29, 1.82) is 0 Å². The van der Waals surface area contributed by atoms with Crippen molar-refractivity contribution in [3.05, 3.63) is 71.8 Å². The van der Waals surface area contributed by atoms with E-state index in [1.165, 1.54) is 150 Å². The lowest BCUT2D eigenvalue weighted by Gasteiger charge is -2.42. The van der Waals surface area contributed by atoms with Gasteiger partial charge in [0.05, 0.1) is 40.3 Å². The number of likely N-dealkylation sites (N-methyl/N-ethyl adjacent to an activating group) is 2. The lowest BCUT2D eigenvalue weighted by atomic mass is 10.1. The fraction of sp³-hybridized carbons (Fsp3) is 0.647. The van der Waals surface area contributed by atoms with Crippen molar-refractivity contribution in [3.63, 3.8) is 0 Å². The summed E-state index contributed by atoms with van der Waals surface area (Å²) in [5.74, 6) is 0. The molecule has 2 aliphatic heterocycles. The monoisotopic (exact) mass is 520 g/mol. The van der Waals surface area contributed by atoms with Crippen LogP contribution < -0.4 is 0 Å². The number of quaternary nitrogens is 2. The number of benzene rings is 2. The number of hydrogen-bond donors (Lipinski definition) is 0. The molecule has 4 nitrogen and oxygen atoms in total. The number of piperazine rings is 2. The molecule has 0 atom stereocenters. The van der Waals surface area contributed by atoms with Crippen LogP contribution in [0, 0.1) is 0 Å². The molecule has 0 bridgehead atoms. The molecular formula is C34H56N4+2. The van der Waals surface area contributed by atoms with Gasteiger partial charge in [-0.3, -0.25) is 9.80 Å². The van der Waals surface area contributed by atoms with Crippen LogP contribution in [-0.2, 0) is 13.1 Å². The third-order valence-electron chi connectivity index (χ3n) is 9.34. The summed E-state index contributed by atoms with van der Waals surface area (Å²) in [6, 6.07) is 22.1. The van der Waals surface area contributed by atoms with Gasteiger partial charge in [0.15, 0.2) is 0 Å². The van der Waals surface area contributed by atoms with E-state index >= 15 is 0 Å². The molecule has 0 amide bonds. The fourth-order valence-corrected chi connectivity index (χ4v) is 6.52. The summed E-state index contributed by atoms with van der Waals surface area (Å²) in [6.45, 7) is 15.2. The number of unbranched alkanes of at least 4 members (excludes halogenated alkanes) is 7. The molecule has 2 aliphatic rings. The van der Waals surface area contributed by atoms with Gasteiger partial charge in [-0.05, 0) is 25.9 Å². The van der Waals surface area contributed by atoms with Gasteiger partial charge in [0.25, 0.3) is 0 Å². The van der Waals surface area contributed by atoms with E-state index in [1.807, 2.05) is 0 Å². The van der Waals surface area contributed by atoms with Gasteiger partial charge in [0, 0.05) is 37.3 Å². The minimum atomic E-state index is 1.18. The van der Waals surface area contributed by atoms with E-state index in [0.29, 0.717) is 0 Å². The quantitative estimate of drug-likeness (QED) is 0.209. The third-order valence-corrected chi connectivity index (χ3v) is 9.34. The van der Waals surface area contributed by atoms with Gasteiger partial charge >= 0.3 is 0 Å². The van der Waals surface area contributed by atoms with E-state index in [1.54, 1.807) is 0 Å². The van der Waals surface area contributed by atoms with Gasteiger partial charge in [0.1, 0.15) is 13.1 Å². The molecular weight excluding hydrogens is 464 g/mol. The van der Waals surface area contributed by atoms with Crippen molar-refractivity contribution >= 4 is 0 Å². The van der Waals surface area contributed by atoms with Gasteiger partial charge < -0.3 is 8.97 Å². The Balaban J connectivity index is 0.946. The highest BCUT2D eigenvalue weighted by atomic mass is 15.4. The minimum absolute atomic E-state index is 1.18. The lowest BCUT2D eigenvalue weighted by Crippen LogP contribution is -2.56. The Morgan fingerprint density at radius 3 is 1.13 bits per heavy atom. The zero-order valence-electron chi connectivity index (χ0n) is 24.7. The summed E-state index contributed by atoms with van der Waals surface area (Å²) >= 11 is 0. The predicted octanol–water partition coefficient (Wildman–Crippen LogP) is 6.03. The van der Waals surface area contributed by atoms with Gasteiger partial charge in [-0.15, -0.1) is 0 Å². The molecule has 0 aromatic heterocycles. The molecule has 2 aromatic rings. The molecule has 210 valence electrons. The first-order valence-corrected chi connectivity index (χ1v) is 15.7. The Kier molecular flexibility index (Phi) is 11.7. The molecule has 0 unspecified atom stereocenters. The van der Waals surface area contributed by atoms with Crippen molar-refractivity contribution in [2.24, 2.45) is 0 Å². The maximum atomic E-state index is 2.72. The first-order valence-electron chi connectivity index (χ1n) is 15.7. The normalized spacial score (nSPS) is 19.9. The van der Waals surface area contributed by atoms with Gasteiger partial charge in [-0.2, -0.15) is 0 Å². The average molecular weight is 521 g/mol. The summed E-state index contributed by atoms with van der Waals surface area (Å²) in [7, 11) is 4.89. The van der Waals surface area contributed by atoms with Crippen molar-refractivity contribution in [3.8, 4) is 0 Å². The zero-order chi connectivity index (χ0) is 26.5. The standard InChI is InChI=1S/C34H56N4/c1-37(31-33-17-11-9-12-18-33)27-23-35(24-28-37)21-15-7-5-3-4-6-8-16-22-36-25-29-38(2,30-26-36)32-34-19-13-10-14-20-34/h9-14,17-20H,3-8,15-16,21-32H2,1-2H3/q+2. The highest BCUT2D eigenvalue weighted by Crippen LogP contribution is 2.18. The van der Waals surface area contributed by atoms with E-state index in [0.717, 1.165) is 0 Å². The van der Waals surface area contributed by atoms with Crippen LogP contribution in [0.15, 0.2) is 60.7 Å². The Bertz CT molecular complexity index is 808. The van der Waals surface area contributed by atoms with Crippen LogP contribution in [0.5, 0.6) is 0 Å². The summed E-state index contributed by atoms with van der Waals surface area (Å²) in [5, 5.41) is 0. The first-order chi connectivity index (χ1) is 18.5. The van der Waals surface area contributed by atoms with E-state index in [-0.39, 0.29) is 0 Å². The van der Waals surface area contributed by atoms with Crippen molar-refractivity contribution < 1.29 is 8.97 Å². The van der Waals surface area contributed by atoms with Crippen molar-refractivity contribution in [2.75, 3.05) is 79.5 Å². The molecule has 0 spiro atoms. The van der Waals surface area contributed by atoms with Gasteiger partial charge in [-0.25, -0.2) is 0 Å². The average Bonchev–Trinajstić information content (AvgIpc) is 2.93. The van der Waals surface area contributed by atoms with Crippen molar-refractivity contribution in [1.82, 2.24) is 9.80 Å². The second kappa shape index (κ2) is 15.2. The smallest absolute Gasteiger partial charge is 0.104 e. The van der Waals surface area contributed by atoms with Crippen LogP contribution >= 0.6 is 0 Å². The Morgan fingerprint density at radius 1 is 0.474 bits per heavy atom. The number of hydrogen-bond acceptors (Lipinski definition) is 2. The number of nitrogens with zero attached hydrogens (tertiary/aromatic N) is 4. The van der Waals surface area contributed by atoms with Gasteiger partial charge in [0.2, 0.25) is 0 Å². The molecule has 2 aromatic carbocycles. The lowest BCUT2D eigenvalue weighted by molar-refractivity contribution is -0.926. The summed E-state index contributed by atoms with van der Waals surface area (Å²) in [6.07, 6.45) is 11.3. The van der Waals surface area contributed by atoms with Crippen LogP contribution in [0.25, 0.3) is 0 Å². The topological polar surface area (TPSA) is 6.48 Å². The first kappa shape index (κ1) is 29.3. The maximum absolute atomic E-state index is 2.72. The highest BCUT2D eigenvalue weighted by molar-refractivity contribution is 5.14. The Hall–Kier alpha value is -1.72. The predicted molar refractivity (Wildman–Crippen MR) is 162 cm³/mol. The summed E-state index contributed by atoms with van der Waals surface area (Å²) in [4.78, 5) is 5.43. The van der Waals surface area contributed by atoms with Crippen LogP contribution in [0.3, 0.4) is 0 Å². The Morgan fingerprint density at radius 2 is 0.789 bits per heavy atom. The molecule has 2 saturated heterocycles. The highest BCUT2D eigenvalue weighted by Gasteiger charge is 2.29. The summed E-state index contributed by atoms with van der Waals surface area (Å²) < 4.78 is 2.40. The van der Waals surface area contributed by atoms with Gasteiger partial charge in [-0.1, -0.05) is 99.2 Å². The molecule has 2 heterocycles. The second-order valence-electron chi connectivity index (χ2n) is 12.9. The van der Waals surface area contributed by atoms with E-state index < -0.39 is 0 Å². The van der Waals surface area contributed by atoms with E-state index in [2.05, 4.69) is 84.6 Å². The van der Waals surface area contributed by atoms with E-state index in [4.69, 9.17) is 0 Å². The van der Waals surface area contributed by atoms with Crippen LogP contribution in [0.1, 0.15) is 62.5 Å². The van der Waals surface area contributed by atoms with Crippen LogP contribution in [0.2, 0.25) is 0 Å². The zero-order valence-corrected chi connectivity index (χ0v) is 24.7.